The summed E-state index contributed by atoms with van der Waals surface area (Å²) in [6.45, 7) is 6.24. The number of sulfone groups is 1. The first kappa shape index (κ1) is 25.9. The van der Waals surface area contributed by atoms with Crippen molar-refractivity contribution in [1.82, 2.24) is 15.0 Å². The van der Waals surface area contributed by atoms with Crippen LogP contribution in [0.3, 0.4) is 0 Å². The van der Waals surface area contributed by atoms with Crippen molar-refractivity contribution in [2.24, 2.45) is 0 Å². The van der Waals surface area contributed by atoms with Gasteiger partial charge in [-0.05, 0) is 44.0 Å². The van der Waals surface area contributed by atoms with E-state index in [0.717, 1.165) is 5.56 Å². The third-order valence-corrected chi connectivity index (χ3v) is 9.01. The average molecular weight is 557 g/mol. The van der Waals surface area contributed by atoms with Gasteiger partial charge >= 0.3 is 0 Å². The number of hydrogen-bond acceptors (Lipinski definition) is 9. The number of ether oxygens (including phenoxy) is 1. The number of nitrogen functional groups attached to an aromatic ring is 1. The third kappa shape index (κ3) is 4.67. The molecule has 38 heavy (non-hydrogen) atoms. The van der Waals surface area contributed by atoms with Gasteiger partial charge in [-0.3, -0.25) is 0 Å². The first-order valence-corrected chi connectivity index (χ1v) is 14.0. The summed E-state index contributed by atoms with van der Waals surface area (Å²) >= 11 is 6.74. The second-order valence-corrected chi connectivity index (χ2v) is 12.2. The van der Waals surface area contributed by atoms with Gasteiger partial charge in [-0.1, -0.05) is 23.7 Å². The minimum atomic E-state index is -3.21. The number of rotatable bonds is 6. The Hall–Kier alpha value is -3.70. The molecule has 0 saturated heterocycles. The van der Waals surface area contributed by atoms with Gasteiger partial charge in [-0.2, -0.15) is 0 Å². The van der Waals surface area contributed by atoms with Crippen molar-refractivity contribution in [3.8, 4) is 17.0 Å². The summed E-state index contributed by atoms with van der Waals surface area (Å²) in [7, 11) is -3.21. The molecule has 1 aliphatic rings. The number of nitrogens with one attached hydrogen (secondary N) is 2. The second kappa shape index (κ2) is 9.88. The molecule has 2 aromatic carbocycles. The highest BCUT2D eigenvalue weighted by Gasteiger charge is 2.25. The number of nitrogens with zero attached hydrogens (tertiary/aromatic N) is 3. The molecule has 0 aliphatic carbocycles. The van der Waals surface area contributed by atoms with E-state index in [1.165, 1.54) is 12.4 Å². The molecule has 0 unspecified atom stereocenters. The zero-order valence-electron chi connectivity index (χ0n) is 21.0. The van der Waals surface area contributed by atoms with Gasteiger partial charge in [-0.25, -0.2) is 27.8 Å². The van der Waals surface area contributed by atoms with Crippen LogP contribution in [0.15, 0.2) is 36.7 Å². The fourth-order valence-corrected chi connectivity index (χ4v) is 5.52. The maximum absolute atomic E-state index is 15.5. The molecule has 9 nitrogen and oxygen atoms in total. The molecule has 4 aromatic rings. The number of halogens is 2. The van der Waals surface area contributed by atoms with Crippen LogP contribution in [0.25, 0.3) is 22.0 Å². The molecule has 0 bridgehead atoms. The Balaban J connectivity index is 1.51. The van der Waals surface area contributed by atoms with Gasteiger partial charge in [0.1, 0.15) is 12.3 Å². The van der Waals surface area contributed by atoms with E-state index in [4.69, 9.17) is 22.1 Å². The molecule has 4 N–H and O–H groups in total. The topological polar surface area (TPSA) is 132 Å². The Bertz CT molecular complexity index is 1660. The molecule has 0 atom stereocenters. The van der Waals surface area contributed by atoms with Crippen molar-refractivity contribution in [2.75, 3.05) is 29.5 Å². The number of fused-ring (bicyclic) bond motifs is 2. The fourth-order valence-electron chi connectivity index (χ4n) is 4.20. The number of benzene rings is 2. The molecule has 0 fully saturated rings. The monoisotopic (exact) mass is 556 g/mol. The van der Waals surface area contributed by atoms with Crippen LogP contribution in [-0.2, 0) is 15.6 Å². The van der Waals surface area contributed by atoms with Crippen LogP contribution in [0, 0.1) is 12.7 Å². The van der Waals surface area contributed by atoms with E-state index in [2.05, 4.69) is 25.6 Å². The Morgan fingerprint density at radius 1 is 1.21 bits per heavy atom. The van der Waals surface area contributed by atoms with Gasteiger partial charge in [0.25, 0.3) is 0 Å². The van der Waals surface area contributed by atoms with Crippen LogP contribution in [0.2, 0.25) is 5.02 Å². The van der Waals surface area contributed by atoms with Crippen LogP contribution >= 0.6 is 11.6 Å². The Morgan fingerprint density at radius 2 is 1.95 bits per heavy atom. The number of aromatic nitrogens is 3. The van der Waals surface area contributed by atoms with Crippen LogP contribution in [0.5, 0.6) is 5.88 Å². The summed E-state index contributed by atoms with van der Waals surface area (Å²) in [5.41, 5.74) is 9.60. The summed E-state index contributed by atoms with van der Waals surface area (Å²) in [5.74, 6) is -0.0572. The molecule has 0 amide bonds. The lowest BCUT2D eigenvalue weighted by Crippen LogP contribution is -2.20. The first-order chi connectivity index (χ1) is 18.1. The first-order valence-electron chi connectivity index (χ1n) is 11.9. The SMILES string of the molecule is Cc1c(-c2c(F)c(N)c3cnc(Nc4ccc(CS(=O)(=O)C(C)C)cc4)nc3c2Cl)cnc2c1NCCO2. The number of hydrogen-bond donors (Lipinski definition) is 3. The highest BCUT2D eigenvalue weighted by Crippen LogP contribution is 2.44. The molecule has 0 saturated carbocycles. The van der Waals surface area contributed by atoms with E-state index in [1.807, 2.05) is 6.92 Å². The molecule has 2 aromatic heterocycles. The van der Waals surface area contributed by atoms with E-state index in [-0.39, 0.29) is 38.9 Å². The maximum Gasteiger partial charge on any atom is 0.237 e. The van der Waals surface area contributed by atoms with Crippen molar-refractivity contribution in [2.45, 2.75) is 31.8 Å². The summed E-state index contributed by atoms with van der Waals surface area (Å²) in [6.07, 6.45) is 2.92. The number of anilines is 4. The van der Waals surface area contributed by atoms with E-state index in [9.17, 15) is 8.42 Å². The van der Waals surface area contributed by atoms with Gasteiger partial charge in [0.05, 0.1) is 27.2 Å². The summed E-state index contributed by atoms with van der Waals surface area (Å²) in [6, 6.07) is 6.93. The fraction of sp³-hybridized carbons (Fsp3) is 0.269. The largest absolute Gasteiger partial charge is 0.474 e. The van der Waals surface area contributed by atoms with Crippen molar-refractivity contribution in [3.63, 3.8) is 0 Å². The standard InChI is InChI=1S/C26H26ClFN6O3S/c1-13(2)38(35,36)12-15-4-6-16(7-5-15)33-26-32-11-18-22(29)21(28)19(20(27)24(18)34-26)17-10-31-25-23(14(17)3)30-8-9-37-25/h4-7,10-11,13,30H,8-9,12,29H2,1-3H3,(H,32,33,34). The van der Waals surface area contributed by atoms with Gasteiger partial charge in [0.2, 0.25) is 11.8 Å². The van der Waals surface area contributed by atoms with Gasteiger partial charge in [0.15, 0.2) is 15.7 Å². The van der Waals surface area contributed by atoms with Crippen molar-refractivity contribution >= 4 is 55.4 Å². The molecule has 5 rings (SSSR count). The minimum absolute atomic E-state index is 0.0424. The van der Waals surface area contributed by atoms with E-state index < -0.39 is 20.9 Å². The van der Waals surface area contributed by atoms with Gasteiger partial charge in [0, 0.05) is 41.1 Å². The van der Waals surface area contributed by atoms with Crippen LogP contribution in [0.4, 0.5) is 27.4 Å². The molecule has 1 aliphatic heterocycles. The van der Waals surface area contributed by atoms with Crippen LogP contribution < -0.4 is 21.1 Å². The molecular formula is C26H26ClFN6O3S. The highest BCUT2D eigenvalue weighted by molar-refractivity contribution is 7.91. The highest BCUT2D eigenvalue weighted by atomic mass is 35.5. The van der Waals surface area contributed by atoms with Gasteiger partial charge in [-0.15, -0.1) is 0 Å². The lowest BCUT2D eigenvalue weighted by molar-refractivity contribution is 0.310. The molecule has 0 spiro atoms. The zero-order valence-corrected chi connectivity index (χ0v) is 22.5. The lowest BCUT2D eigenvalue weighted by atomic mass is 9.98. The minimum Gasteiger partial charge on any atom is -0.474 e. The normalized spacial score (nSPS) is 13.2. The maximum atomic E-state index is 15.5. The Morgan fingerprint density at radius 3 is 2.66 bits per heavy atom. The Labute approximate surface area is 224 Å². The molecule has 0 radical (unpaired) electrons. The third-order valence-electron chi connectivity index (χ3n) is 6.47. The van der Waals surface area contributed by atoms with E-state index >= 15 is 4.39 Å². The Kier molecular flexibility index (Phi) is 6.74. The van der Waals surface area contributed by atoms with Crippen molar-refractivity contribution in [3.05, 3.63) is 58.6 Å². The van der Waals surface area contributed by atoms with Crippen molar-refractivity contribution in [1.29, 1.82) is 0 Å². The second-order valence-electron chi connectivity index (χ2n) is 9.30. The van der Waals surface area contributed by atoms with Crippen molar-refractivity contribution < 1.29 is 17.5 Å². The molecule has 198 valence electrons. The molecular weight excluding hydrogens is 531 g/mol. The summed E-state index contributed by atoms with van der Waals surface area (Å²) in [4.78, 5) is 13.1. The van der Waals surface area contributed by atoms with E-state index in [1.54, 1.807) is 38.1 Å². The number of pyridine rings is 1. The quantitative estimate of drug-likeness (QED) is 0.272. The average Bonchev–Trinajstić information content (AvgIpc) is 2.90. The lowest BCUT2D eigenvalue weighted by Gasteiger charge is -2.22. The van der Waals surface area contributed by atoms with Crippen LogP contribution in [-0.4, -0.2) is 41.8 Å². The smallest absolute Gasteiger partial charge is 0.237 e. The van der Waals surface area contributed by atoms with Crippen LogP contribution in [0.1, 0.15) is 25.0 Å². The molecule has 3 heterocycles. The summed E-state index contributed by atoms with van der Waals surface area (Å²) < 4.78 is 45.5. The van der Waals surface area contributed by atoms with E-state index in [0.29, 0.717) is 41.5 Å². The zero-order chi connectivity index (χ0) is 27.2. The summed E-state index contributed by atoms with van der Waals surface area (Å²) in [5, 5.41) is 6.22. The predicted molar refractivity (Wildman–Crippen MR) is 148 cm³/mol. The van der Waals surface area contributed by atoms with Gasteiger partial charge < -0.3 is 21.1 Å². The number of nitrogens with two attached hydrogens (primary N) is 1. The molecule has 12 heteroatoms. The predicted octanol–water partition coefficient (Wildman–Crippen LogP) is 5.25.